The molecule has 122 valence electrons. The van der Waals surface area contributed by atoms with Crippen LogP contribution < -0.4 is 11.1 Å². The van der Waals surface area contributed by atoms with Crippen LogP contribution in [-0.2, 0) is 7.05 Å². The quantitative estimate of drug-likeness (QED) is 0.589. The number of nitrogen functional groups attached to an aromatic ring is 1. The van der Waals surface area contributed by atoms with Crippen LogP contribution in [0.3, 0.4) is 0 Å². The number of aromatic nitrogens is 4. The summed E-state index contributed by atoms with van der Waals surface area (Å²) in [5.41, 5.74) is 10.6. The highest BCUT2D eigenvalue weighted by Gasteiger charge is 2.20. The Bertz CT molecular complexity index is 1070. The predicted molar refractivity (Wildman–Crippen MR) is 94.9 cm³/mol. The third-order valence-corrected chi connectivity index (χ3v) is 4.37. The predicted octanol–water partition coefficient (Wildman–Crippen LogP) is 3.02. The van der Waals surface area contributed by atoms with Crippen LogP contribution in [0.15, 0.2) is 22.9 Å². The fraction of sp³-hybridized carbons (Fsp3) is 0.235. The second-order valence-electron chi connectivity index (χ2n) is 5.89. The summed E-state index contributed by atoms with van der Waals surface area (Å²) in [7, 11) is 3.85. The zero-order valence-corrected chi connectivity index (χ0v) is 14.0. The lowest BCUT2D eigenvalue weighted by Crippen LogP contribution is -2.02. The zero-order chi connectivity index (χ0) is 17.0. The first-order valence-electron chi connectivity index (χ1n) is 7.67. The molecule has 0 unspecified atom stereocenters. The normalized spacial score (nSPS) is 11.5. The van der Waals surface area contributed by atoms with Gasteiger partial charge in [0.1, 0.15) is 11.6 Å². The largest absolute Gasteiger partial charge is 0.372 e. The summed E-state index contributed by atoms with van der Waals surface area (Å²) in [6.45, 7) is 3.86. The number of nitrogens with two attached hydrogens (primary N) is 1. The minimum atomic E-state index is 0.242. The second-order valence-corrected chi connectivity index (χ2v) is 5.89. The van der Waals surface area contributed by atoms with E-state index in [4.69, 9.17) is 10.3 Å². The van der Waals surface area contributed by atoms with Crippen LogP contribution in [0.5, 0.6) is 0 Å². The first kappa shape index (κ1) is 14.5. The molecule has 0 saturated carbocycles. The van der Waals surface area contributed by atoms with Crippen molar-refractivity contribution in [3.63, 3.8) is 0 Å². The van der Waals surface area contributed by atoms with Gasteiger partial charge in [0.2, 0.25) is 5.95 Å². The molecule has 0 atom stereocenters. The van der Waals surface area contributed by atoms with Gasteiger partial charge in [-0.15, -0.1) is 0 Å². The summed E-state index contributed by atoms with van der Waals surface area (Å²) in [4.78, 5) is 8.76. The van der Waals surface area contributed by atoms with Crippen molar-refractivity contribution in [1.29, 1.82) is 0 Å². The van der Waals surface area contributed by atoms with Crippen LogP contribution in [0, 0.1) is 13.8 Å². The summed E-state index contributed by atoms with van der Waals surface area (Å²) in [6.07, 6.45) is 2.03. The number of hydrogen-bond donors (Lipinski definition) is 2. The Kier molecular flexibility index (Phi) is 2.99. The molecule has 0 aliphatic rings. The van der Waals surface area contributed by atoms with Crippen LogP contribution in [0.4, 0.5) is 11.8 Å². The topological polar surface area (TPSA) is 94.8 Å². The number of benzene rings is 1. The van der Waals surface area contributed by atoms with Gasteiger partial charge < -0.3 is 20.1 Å². The summed E-state index contributed by atoms with van der Waals surface area (Å²) in [5, 5.41) is 9.23. The number of rotatable bonds is 2. The fourth-order valence-electron chi connectivity index (χ4n) is 3.38. The summed E-state index contributed by atoms with van der Waals surface area (Å²) >= 11 is 0. The molecule has 7 heteroatoms. The lowest BCUT2D eigenvalue weighted by atomic mass is 9.98. The molecule has 4 rings (SSSR count). The van der Waals surface area contributed by atoms with Crippen LogP contribution in [0.2, 0.25) is 0 Å². The van der Waals surface area contributed by atoms with Gasteiger partial charge in [-0.2, -0.15) is 4.98 Å². The lowest BCUT2D eigenvalue weighted by Gasteiger charge is -2.12. The van der Waals surface area contributed by atoms with E-state index in [2.05, 4.69) is 31.1 Å². The molecular formula is C17H18N6O. The SMILES string of the molecule is CNc1nc(N)nc2cc(-c3c(C)noc3C)c3c(ccn3C)c12. The van der Waals surface area contributed by atoms with Crippen molar-refractivity contribution in [2.24, 2.45) is 7.05 Å². The van der Waals surface area contributed by atoms with E-state index in [0.29, 0.717) is 0 Å². The molecule has 0 bridgehead atoms. The summed E-state index contributed by atoms with van der Waals surface area (Å²) < 4.78 is 7.46. The van der Waals surface area contributed by atoms with Crippen molar-refractivity contribution >= 4 is 33.6 Å². The average molecular weight is 322 g/mol. The van der Waals surface area contributed by atoms with Crippen LogP contribution in [-0.4, -0.2) is 26.7 Å². The van der Waals surface area contributed by atoms with Crippen molar-refractivity contribution in [1.82, 2.24) is 19.7 Å². The maximum atomic E-state index is 5.88. The van der Waals surface area contributed by atoms with Crippen LogP contribution in [0.1, 0.15) is 11.5 Å². The van der Waals surface area contributed by atoms with Crippen molar-refractivity contribution in [3.05, 3.63) is 29.8 Å². The number of nitrogens with zero attached hydrogens (tertiary/aromatic N) is 4. The molecule has 0 aliphatic carbocycles. The van der Waals surface area contributed by atoms with E-state index >= 15 is 0 Å². The Hall–Kier alpha value is -3.09. The third kappa shape index (κ3) is 1.87. The number of nitrogens with one attached hydrogen (secondary N) is 1. The summed E-state index contributed by atoms with van der Waals surface area (Å²) in [5.74, 6) is 1.75. The van der Waals surface area contributed by atoms with Crippen molar-refractivity contribution < 1.29 is 4.52 Å². The van der Waals surface area contributed by atoms with Crippen molar-refractivity contribution in [3.8, 4) is 11.1 Å². The van der Waals surface area contributed by atoms with Crippen LogP contribution >= 0.6 is 0 Å². The first-order valence-corrected chi connectivity index (χ1v) is 7.67. The Morgan fingerprint density at radius 2 is 2.04 bits per heavy atom. The Morgan fingerprint density at radius 1 is 1.25 bits per heavy atom. The molecule has 7 nitrogen and oxygen atoms in total. The fourth-order valence-corrected chi connectivity index (χ4v) is 3.38. The van der Waals surface area contributed by atoms with Gasteiger partial charge >= 0.3 is 0 Å². The van der Waals surface area contributed by atoms with E-state index in [1.54, 1.807) is 0 Å². The van der Waals surface area contributed by atoms with Gasteiger partial charge in [0.15, 0.2) is 0 Å². The van der Waals surface area contributed by atoms with Gasteiger partial charge in [0.05, 0.1) is 22.1 Å². The highest BCUT2D eigenvalue weighted by molar-refractivity contribution is 6.16. The monoisotopic (exact) mass is 322 g/mol. The Labute approximate surface area is 138 Å². The zero-order valence-electron chi connectivity index (χ0n) is 14.0. The molecule has 3 aromatic heterocycles. The highest BCUT2D eigenvalue weighted by atomic mass is 16.5. The standard InChI is InChI=1S/C17H18N6O/c1-8-13(9(2)24-22-8)11-7-12-14(10-5-6-23(4)15(10)11)16(19-3)21-17(18)20-12/h5-7H,1-4H3,(H3,18,19,20,21). The number of fused-ring (bicyclic) bond motifs is 3. The van der Waals surface area contributed by atoms with Crippen molar-refractivity contribution in [2.75, 3.05) is 18.1 Å². The van der Waals surface area contributed by atoms with E-state index in [1.165, 1.54) is 0 Å². The molecule has 0 fully saturated rings. The minimum absolute atomic E-state index is 0.242. The molecule has 24 heavy (non-hydrogen) atoms. The van der Waals surface area contributed by atoms with Crippen LogP contribution in [0.25, 0.3) is 32.9 Å². The molecule has 4 aromatic rings. The van der Waals surface area contributed by atoms with E-state index < -0.39 is 0 Å². The lowest BCUT2D eigenvalue weighted by molar-refractivity contribution is 0.393. The number of hydrogen-bond acceptors (Lipinski definition) is 6. The molecule has 0 saturated heterocycles. The molecule has 1 aromatic carbocycles. The molecule has 3 heterocycles. The van der Waals surface area contributed by atoms with Gasteiger partial charge in [0.25, 0.3) is 0 Å². The third-order valence-electron chi connectivity index (χ3n) is 4.37. The maximum Gasteiger partial charge on any atom is 0.222 e. The highest BCUT2D eigenvalue weighted by Crippen LogP contribution is 2.39. The van der Waals surface area contributed by atoms with Gasteiger partial charge in [-0.05, 0) is 26.0 Å². The maximum absolute atomic E-state index is 5.88. The molecule has 0 amide bonds. The molecule has 0 radical (unpaired) electrons. The van der Waals surface area contributed by atoms with Gasteiger partial charge in [-0.1, -0.05) is 5.16 Å². The molecule has 0 aliphatic heterocycles. The number of anilines is 2. The van der Waals surface area contributed by atoms with Gasteiger partial charge in [-0.25, -0.2) is 4.98 Å². The van der Waals surface area contributed by atoms with Gasteiger partial charge in [-0.3, -0.25) is 0 Å². The van der Waals surface area contributed by atoms with Crippen molar-refractivity contribution in [2.45, 2.75) is 13.8 Å². The number of aryl methyl sites for hydroxylation is 3. The van der Waals surface area contributed by atoms with E-state index in [9.17, 15) is 0 Å². The Balaban J connectivity index is 2.24. The molecule has 0 spiro atoms. The molecular weight excluding hydrogens is 304 g/mol. The summed E-state index contributed by atoms with van der Waals surface area (Å²) in [6, 6.07) is 4.10. The smallest absolute Gasteiger partial charge is 0.222 e. The van der Waals surface area contributed by atoms with E-state index in [1.807, 2.05) is 40.2 Å². The van der Waals surface area contributed by atoms with E-state index in [-0.39, 0.29) is 5.95 Å². The minimum Gasteiger partial charge on any atom is -0.372 e. The van der Waals surface area contributed by atoms with Gasteiger partial charge in [0, 0.05) is 36.8 Å². The van der Waals surface area contributed by atoms with E-state index in [0.717, 1.165) is 50.2 Å². The second kappa shape index (κ2) is 4.95. The molecule has 3 N–H and O–H groups in total. The Morgan fingerprint density at radius 3 is 2.71 bits per heavy atom. The first-order chi connectivity index (χ1) is 11.5. The average Bonchev–Trinajstić information content (AvgIpc) is 3.09.